The van der Waals surface area contributed by atoms with Crippen LogP contribution in [0.5, 0.6) is 5.75 Å². The Balaban J connectivity index is 2.23. The summed E-state index contributed by atoms with van der Waals surface area (Å²) in [6.45, 7) is 0. The van der Waals surface area contributed by atoms with Crippen LogP contribution in [0, 0.1) is 5.82 Å². The zero-order chi connectivity index (χ0) is 14.7. The van der Waals surface area contributed by atoms with Crippen LogP contribution in [0.2, 0.25) is 0 Å². The molecule has 20 heavy (non-hydrogen) atoms. The lowest BCUT2D eigenvalue weighted by molar-refractivity contribution is 0.102. The lowest BCUT2D eigenvalue weighted by atomic mass is 10.2. The van der Waals surface area contributed by atoms with Crippen LogP contribution in [-0.4, -0.2) is 13.0 Å². The van der Waals surface area contributed by atoms with E-state index in [1.807, 2.05) is 0 Å². The van der Waals surface area contributed by atoms with Crippen molar-refractivity contribution >= 4 is 33.2 Å². The highest BCUT2D eigenvalue weighted by molar-refractivity contribution is 9.10. The van der Waals surface area contributed by atoms with Crippen molar-refractivity contribution in [2.24, 2.45) is 0 Å². The van der Waals surface area contributed by atoms with E-state index in [4.69, 9.17) is 10.5 Å². The van der Waals surface area contributed by atoms with E-state index in [1.54, 1.807) is 18.2 Å². The Hall–Kier alpha value is -2.08. The van der Waals surface area contributed by atoms with E-state index >= 15 is 0 Å². The fraction of sp³-hybridized carbons (Fsp3) is 0.0714. The molecule has 0 aliphatic carbocycles. The second-order valence-corrected chi connectivity index (χ2v) is 4.89. The van der Waals surface area contributed by atoms with Crippen LogP contribution >= 0.6 is 15.9 Å². The minimum Gasteiger partial charge on any atom is -0.497 e. The minimum atomic E-state index is -0.419. The van der Waals surface area contributed by atoms with E-state index in [1.165, 1.54) is 25.3 Å². The molecule has 0 unspecified atom stereocenters. The predicted molar refractivity (Wildman–Crippen MR) is 79.5 cm³/mol. The van der Waals surface area contributed by atoms with Gasteiger partial charge in [-0.05, 0) is 46.3 Å². The van der Waals surface area contributed by atoms with Crippen molar-refractivity contribution < 1.29 is 13.9 Å². The quantitative estimate of drug-likeness (QED) is 0.842. The fourth-order valence-electron chi connectivity index (χ4n) is 1.64. The van der Waals surface area contributed by atoms with E-state index in [0.717, 1.165) is 0 Å². The number of halogens is 2. The van der Waals surface area contributed by atoms with Crippen molar-refractivity contribution in [3.63, 3.8) is 0 Å². The largest absolute Gasteiger partial charge is 0.497 e. The van der Waals surface area contributed by atoms with Crippen LogP contribution in [0.15, 0.2) is 40.9 Å². The van der Waals surface area contributed by atoms with E-state index in [-0.39, 0.29) is 5.91 Å². The molecule has 2 rings (SSSR count). The molecule has 1 amide bonds. The Kier molecular flexibility index (Phi) is 4.24. The van der Waals surface area contributed by atoms with Crippen LogP contribution in [0.3, 0.4) is 0 Å². The smallest absolute Gasteiger partial charge is 0.256 e. The molecule has 0 spiro atoms. The molecule has 3 N–H and O–H groups in total. The van der Waals surface area contributed by atoms with Crippen molar-refractivity contribution in [2.45, 2.75) is 0 Å². The number of nitrogens with one attached hydrogen (secondary N) is 1. The number of amides is 1. The summed E-state index contributed by atoms with van der Waals surface area (Å²) in [6, 6.07) is 8.78. The van der Waals surface area contributed by atoms with Crippen molar-refractivity contribution in [1.82, 2.24) is 0 Å². The van der Waals surface area contributed by atoms with Crippen molar-refractivity contribution in [3.05, 3.63) is 52.3 Å². The van der Waals surface area contributed by atoms with Crippen molar-refractivity contribution in [2.75, 3.05) is 18.2 Å². The standard InChI is InChI=1S/C14H12BrFN2O2/c1-20-9-3-5-13(12(17)7-9)18-14(19)10-4-2-8(16)6-11(10)15/h2-7H,17H2,1H3,(H,18,19). The molecule has 2 aromatic rings. The lowest BCUT2D eigenvalue weighted by Crippen LogP contribution is -2.14. The van der Waals surface area contributed by atoms with Gasteiger partial charge >= 0.3 is 0 Å². The van der Waals surface area contributed by atoms with Gasteiger partial charge in [0.2, 0.25) is 0 Å². The molecule has 6 heteroatoms. The molecule has 104 valence electrons. The van der Waals surface area contributed by atoms with Gasteiger partial charge < -0.3 is 15.8 Å². The van der Waals surface area contributed by atoms with Gasteiger partial charge in [0.15, 0.2) is 0 Å². The van der Waals surface area contributed by atoms with Crippen LogP contribution in [0.1, 0.15) is 10.4 Å². The molecule has 0 atom stereocenters. The maximum absolute atomic E-state index is 13.0. The van der Waals surface area contributed by atoms with E-state index in [9.17, 15) is 9.18 Å². The number of ether oxygens (including phenoxy) is 1. The summed E-state index contributed by atoms with van der Waals surface area (Å²) < 4.78 is 18.4. The SMILES string of the molecule is COc1ccc(NC(=O)c2ccc(F)cc2Br)c(N)c1. The first-order chi connectivity index (χ1) is 9.51. The number of hydrogen-bond donors (Lipinski definition) is 2. The van der Waals surface area contributed by atoms with Crippen LogP contribution in [-0.2, 0) is 0 Å². The van der Waals surface area contributed by atoms with Gasteiger partial charge in [0, 0.05) is 10.5 Å². The molecule has 0 aliphatic rings. The van der Waals surface area contributed by atoms with Gasteiger partial charge in [-0.3, -0.25) is 4.79 Å². The molecule has 0 saturated carbocycles. The number of carbonyl (C=O) groups is 1. The number of rotatable bonds is 3. The molecule has 4 nitrogen and oxygen atoms in total. The average Bonchev–Trinajstić information content (AvgIpc) is 2.40. The average molecular weight is 339 g/mol. The second kappa shape index (κ2) is 5.92. The number of nitrogens with two attached hydrogens (primary N) is 1. The number of methoxy groups -OCH3 is 1. The zero-order valence-electron chi connectivity index (χ0n) is 10.6. The van der Waals surface area contributed by atoms with Crippen molar-refractivity contribution in [1.29, 1.82) is 0 Å². The van der Waals surface area contributed by atoms with Crippen LogP contribution in [0.4, 0.5) is 15.8 Å². The maximum atomic E-state index is 13.0. The third-order valence-corrected chi connectivity index (χ3v) is 3.34. The summed E-state index contributed by atoms with van der Waals surface area (Å²) >= 11 is 3.15. The molecule has 0 radical (unpaired) electrons. The summed E-state index contributed by atoms with van der Waals surface area (Å²) in [6.07, 6.45) is 0. The Morgan fingerprint density at radius 2 is 2.05 bits per heavy atom. The molecule has 0 saturated heterocycles. The fourth-order valence-corrected chi connectivity index (χ4v) is 2.18. The molecule has 2 aromatic carbocycles. The van der Waals surface area contributed by atoms with Crippen LogP contribution < -0.4 is 15.8 Å². The van der Waals surface area contributed by atoms with Gasteiger partial charge in [-0.25, -0.2) is 4.39 Å². The third kappa shape index (κ3) is 3.08. The summed E-state index contributed by atoms with van der Waals surface area (Å²) in [5.41, 5.74) is 6.99. The third-order valence-electron chi connectivity index (χ3n) is 2.68. The van der Waals surface area contributed by atoms with Crippen LogP contribution in [0.25, 0.3) is 0 Å². The first kappa shape index (κ1) is 14.3. The second-order valence-electron chi connectivity index (χ2n) is 4.03. The lowest BCUT2D eigenvalue weighted by Gasteiger charge is -2.10. The molecular weight excluding hydrogens is 327 g/mol. The first-order valence-electron chi connectivity index (χ1n) is 5.71. The Morgan fingerprint density at radius 1 is 1.30 bits per heavy atom. The Bertz CT molecular complexity index is 662. The Morgan fingerprint density at radius 3 is 2.65 bits per heavy atom. The van der Waals surface area contributed by atoms with Gasteiger partial charge in [0.25, 0.3) is 5.91 Å². The highest BCUT2D eigenvalue weighted by Crippen LogP contribution is 2.25. The first-order valence-corrected chi connectivity index (χ1v) is 6.50. The summed E-state index contributed by atoms with van der Waals surface area (Å²) in [7, 11) is 1.53. The molecule has 0 aliphatic heterocycles. The molecular formula is C14H12BrFN2O2. The summed E-state index contributed by atoms with van der Waals surface area (Å²) in [4.78, 5) is 12.1. The number of hydrogen-bond acceptors (Lipinski definition) is 3. The minimum absolute atomic E-state index is 0.321. The topological polar surface area (TPSA) is 64.3 Å². The van der Waals surface area contributed by atoms with Gasteiger partial charge in [-0.1, -0.05) is 0 Å². The molecule has 0 heterocycles. The highest BCUT2D eigenvalue weighted by atomic mass is 79.9. The summed E-state index contributed by atoms with van der Waals surface area (Å²) in [5, 5.41) is 2.67. The number of nitrogen functional groups attached to an aromatic ring is 1. The van der Waals surface area contributed by atoms with Crippen molar-refractivity contribution in [3.8, 4) is 5.75 Å². The van der Waals surface area contributed by atoms with Gasteiger partial charge in [0.05, 0.1) is 24.0 Å². The zero-order valence-corrected chi connectivity index (χ0v) is 12.2. The van der Waals surface area contributed by atoms with E-state index in [2.05, 4.69) is 21.2 Å². The van der Waals surface area contributed by atoms with Gasteiger partial charge in [0.1, 0.15) is 11.6 Å². The monoisotopic (exact) mass is 338 g/mol. The van der Waals surface area contributed by atoms with Gasteiger partial charge in [-0.2, -0.15) is 0 Å². The Labute approximate surface area is 123 Å². The maximum Gasteiger partial charge on any atom is 0.256 e. The van der Waals surface area contributed by atoms with E-state index in [0.29, 0.717) is 27.2 Å². The molecule has 0 bridgehead atoms. The predicted octanol–water partition coefficient (Wildman–Crippen LogP) is 3.43. The normalized spacial score (nSPS) is 10.2. The van der Waals surface area contributed by atoms with E-state index < -0.39 is 5.82 Å². The molecule has 0 fully saturated rings. The number of carbonyl (C=O) groups excluding carboxylic acids is 1. The van der Waals surface area contributed by atoms with Gasteiger partial charge in [-0.15, -0.1) is 0 Å². The summed E-state index contributed by atoms with van der Waals surface area (Å²) in [5.74, 6) is -0.199. The molecule has 0 aromatic heterocycles. The highest BCUT2D eigenvalue weighted by Gasteiger charge is 2.12. The number of anilines is 2. The number of benzene rings is 2.